The second kappa shape index (κ2) is 6.60. The molecule has 136 valence electrons. The molecule has 5 fully saturated rings. The van der Waals surface area contributed by atoms with Gasteiger partial charge in [-0.3, -0.25) is 0 Å². The van der Waals surface area contributed by atoms with Gasteiger partial charge in [0.15, 0.2) is 0 Å². The van der Waals surface area contributed by atoms with Crippen LogP contribution < -0.4 is 5.32 Å². The number of hydrogen-bond acceptors (Lipinski definition) is 1. The van der Waals surface area contributed by atoms with Gasteiger partial charge in [-0.15, -0.1) is 0 Å². The summed E-state index contributed by atoms with van der Waals surface area (Å²) in [5.41, 5.74) is 0. The van der Waals surface area contributed by atoms with Gasteiger partial charge in [-0.25, -0.2) is 0 Å². The van der Waals surface area contributed by atoms with Crippen molar-refractivity contribution in [2.24, 2.45) is 41.4 Å². The fraction of sp³-hybridized carbons (Fsp3) is 1.00. The third-order valence-electron chi connectivity index (χ3n) is 9.25. The van der Waals surface area contributed by atoms with Crippen molar-refractivity contribution in [3.8, 4) is 0 Å². The van der Waals surface area contributed by atoms with E-state index in [1.807, 2.05) is 0 Å². The average molecular weight is 330 g/mol. The minimum Gasteiger partial charge on any atom is -0.311 e. The molecule has 0 radical (unpaired) electrons. The predicted molar refractivity (Wildman–Crippen MR) is 101 cm³/mol. The molecule has 5 saturated carbocycles. The first-order valence-corrected chi connectivity index (χ1v) is 11.6. The molecule has 1 heteroatoms. The minimum atomic E-state index is 0.852. The van der Waals surface area contributed by atoms with Gasteiger partial charge in [0.2, 0.25) is 0 Å². The minimum absolute atomic E-state index is 0.852. The highest BCUT2D eigenvalue weighted by Crippen LogP contribution is 2.62. The Labute approximate surface area is 149 Å². The van der Waals surface area contributed by atoms with Gasteiger partial charge in [-0.05, 0) is 99.2 Å². The molecule has 0 heterocycles. The first-order chi connectivity index (χ1) is 11.8. The summed E-state index contributed by atoms with van der Waals surface area (Å²) >= 11 is 0. The summed E-state index contributed by atoms with van der Waals surface area (Å²) < 4.78 is 0. The molecule has 0 spiro atoms. The lowest BCUT2D eigenvalue weighted by molar-refractivity contribution is 0.0572. The summed E-state index contributed by atoms with van der Waals surface area (Å²) in [6.07, 6.45) is 19.9. The standard InChI is InChI=1S/C23H39N/c1-15-9-11-17(12-10-15)24-18-13-16-5-4-8-21-19-6-2-3-7-20(19)22(14-18)23(16)21/h15-24H,2-14H2,1H3. The first kappa shape index (κ1) is 16.2. The Balaban J connectivity index is 1.29. The van der Waals surface area contributed by atoms with E-state index in [0.29, 0.717) is 0 Å². The van der Waals surface area contributed by atoms with Crippen LogP contribution in [0.15, 0.2) is 0 Å². The molecular formula is C23H39N. The molecule has 5 aliphatic carbocycles. The Morgan fingerprint density at radius 3 is 2.08 bits per heavy atom. The van der Waals surface area contributed by atoms with E-state index >= 15 is 0 Å². The fourth-order valence-corrected chi connectivity index (χ4v) is 8.35. The lowest BCUT2D eigenvalue weighted by atomic mass is 9.62. The Hall–Kier alpha value is -0.0400. The molecule has 0 aromatic heterocycles. The quantitative estimate of drug-likeness (QED) is 0.676. The zero-order chi connectivity index (χ0) is 16.1. The number of rotatable bonds is 2. The lowest BCUT2D eigenvalue weighted by Crippen LogP contribution is -2.48. The Bertz CT molecular complexity index is 437. The van der Waals surface area contributed by atoms with Crippen molar-refractivity contribution in [2.75, 3.05) is 0 Å². The Morgan fingerprint density at radius 2 is 1.29 bits per heavy atom. The van der Waals surface area contributed by atoms with Crippen molar-refractivity contribution in [2.45, 2.75) is 102 Å². The van der Waals surface area contributed by atoms with Crippen LogP contribution in [0, 0.1) is 41.4 Å². The van der Waals surface area contributed by atoms with E-state index in [0.717, 1.165) is 53.5 Å². The second-order valence-corrected chi connectivity index (χ2v) is 10.5. The van der Waals surface area contributed by atoms with Crippen LogP contribution in [-0.4, -0.2) is 12.1 Å². The van der Waals surface area contributed by atoms with Crippen molar-refractivity contribution >= 4 is 0 Å². The van der Waals surface area contributed by atoms with Crippen LogP contribution in [0.1, 0.15) is 90.4 Å². The van der Waals surface area contributed by atoms with Gasteiger partial charge in [-0.1, -0.05) is 32.6 Å². The van der Waals surface area contributed by atoms with E-state index in [4.69, 9.17) is 0 Å². The summed E-state index contributed by atoms with van der Waals surface area (Å²) in [5.74, 6) is 7.76. The molecule has 7 unspecified atom stereocenters. The van der Waals surface area contributed by atoms with Crippen LogP contribution in [0.2, 0.25) is 0 Å². The predicted octanol–water partition coefficient (Wildman–Crippen LogP) is 5.79. The zero-order valence-electron chi connectivity index (χ0n) is 15.9. The van der Waals surface area contributed by atoms with Crippen LogP contribution in [0.4, 0.5) is 0 Å². The molecule has 0 amide bonds. The Kier molecular flexibility index (Phi) is 4.44. The number of nitrogens with one attached hydrogen (secondary N) is 1. The molecular weight excluding hydrogens is 290 g/mol. The number of fused-ring (bicyclic) bond motifs is 3. The van der Waals surface area contributed by atoms with Crippen LogP contribution >= 0.6 is 0 Å². The van der Waals surface area contributed by atoms with E-state index in [9.17, 15) is 0 Å². The molecule has 0 aromatic carbocycles. The molecule has 1 N–H and O–H groups in total. The summed E-state index contributed by atoms with van der Waals surface area (Å²) in [7, 11) is 0. The number of hydrogen-bond donors (Lipinski definition) is 1. The summed E-state index contributed by atoms with van der Waals surface area (Å²) in [4.78, 5) is 0. The molecule has 1 nitrogen and oxygen atoms in total. The van der Waals surface area contributed by atoms with Crippen molar-refractivity contribution in [1.29, 1.82) is 0 Å². The average Bonchev–Trinajstić information content (AvgIpc) is 2.93. The van der Waals surface area contributed by atoms with Crippen LogP contribution in [0.3, 0.4) is 0 Å². The maximum Gasteiger partial charge on any atom is 0.00752 e. The van der Waals surface area contributed by atoms with E-state index in [1.54, 1.807) is 51.4 Å². The van der Waals surface area contributed by atoms with Gasteiger partial charge in [0, 0.05) is 12.1 Å². The maximum absolute atomic E-state index is 4.19. The monoisotopic (exact) mass is 329 g/mol. The maximum atomic E-state index is 4.19. The topological polar surface area (TPSA) is 12.0 Å². The molecule has 0 aliphatic heterocycles. The summed E-state index contributed by atoms with van der Waals surface area (Å²) in [6.45, 7) is 2.45. The highest BCUT2D eigenvalue weighted by atomic mass is 15.0. The van der Waals surface area contributed by atoms with Crippen molar-refractivity contribution < 1.29 is 0 Å². The van der Waals surface area contributed by atoms with Crippen LogP contribution in [-0.2, 0) is 0 Å². The molecule has 0 bridgehead atoms. The van der Waals surface area contributed by atoms with Gasteiger partial charge >= 0.3 is 0 Å². The third kappa shape index (κ3) is 2.78. The van der Waals surface area contributed by atoms with Gasteiger partial charge in [0.1, 0.15) is 0 Å². The van der Waals surface area contributed by atoms with E-state index in [1.165, 1.54) is 32.1 Å². The van der Waals surface area contributed by atoms with Gasteiger partial charge in [0.05, 0.1) is 0 Å². The molecule has 24 heavy (non-hydrogen) atoms. The highest BCUT2D eigenvalue weighted by molar-refractivity contribution is 5.06. The van der Waals surface area contributed by atoms with Crippen molar-refractivity contribution in [1.82, 2.24) is 5.32 Å². The summed E-state index contributed by atoms with van der Waals surface area (Å²) in [5, 5.41) is 4.19. The third-order valence-corrected chi connectivity index (χ3v) is 9.25. The van der Waals surface area contributed by atoms with Crippen molar-refractivity contribution in [3.05, 3.63) is 0 Å². The SMILES string of the molecule is CC1CCC(NC2CC3CCCC4C5CCCCC5C(C2)C34)CC1. The van der Waals surface area contributed by atoms with Gasteiger partial charge < -0.3 is 5.32 Å². The van der Waals surface area contributed by atoms with E-state index in [-0.39, 0.29) is 0 Å². The Morgan fingerprint density at radius 1 is 0.583 bits per heavy atom. The molecule has 7 atom stereocenters. The van der Waals surface area contributed by atoms with Crippen molar-refractivity contribution in [3.63, 3.8) is 0 Å². The normalized spacial score (nSPS) is 54.1. The largest absolute Gasteiger partial charge is 0.311 e. The molecule has 0 aromatic rings. The highest BCUT2D eigenvalue weighted by Gasteiger charge is 2.56. The summed E-state index contributed by atoms with van der Waals surface area (Å²) in [6, 6.07) is 1.72. The van der Waals surface area contributed by atoms with Crippen LogP contribution in [0.5, 0.6) is 0 Å². The smallest absolute Gasteiger partial charge is 0.00752 e. The molecule has 0 saturated heterocycles. The van der Waals surface area contributed by atoms with Crippen LogP contribution in [0.25, 0.3) is 0 Å². The van der Waals surface area contributed by atoms with E-state index in [2.05, 4.69) is 12.2 Å². The fourth-order valence-electron chi connectivity index (χ4n) is 8.35. The van der Waals surface area contributed by atoms with Gasteiger partial charge in [0.25, 0.3) is 0 Å². The molecule has 5 rings (SSSR count). The second-order valence-electron chi connectivity index (χ2n) is 10.5. The van der Waals surface area contributed by atoms with E-state index < -0.39 is 0 Å². The zero-order valence-corrected chi connectivity index (χ0v) is 15.9. The first-order valence-electron chi connectivity index (χ1n) is 11.6. The van der Waals surface area contributed by atoms with Gasteiger partial charge in [-0.2, -0.15) is 0 Å². The lowest BCUT2D eigenvalue weighted by Gasteiger charge is -2.46. The molecule has 5 aliphatic rings.